The molecular weight excluding hydrogens is 300 g/mol. The second-order valence-corrected chi connectivity index (χ2v) is 9.48. The van der Waals surface area contributed by atoms with Gasteiger partial charge in [0.15, 0.2) is 0 Å². The highest BCUT2D eigenvalue weighted by Crippen LogP contribution is 2.42. The Bertz CT molecular complexity index is 353. The summed E-state index contributed by atoms with van der Waals surface area (Å²) < 4.78 is 5.85. The lowest BCUT2D eigenvalue weighted by Gasteiger charge is -2.19. The third kappa shape index (κ3) is 12.7. The van der Waals surface area contributed by atoms with E-state index in [0.717, 1.165) is 50.3 Å². The minimum atomic E-state index is -0.471. The SMILES string of the molecule is CCCOP(CCC#N)CCCP(CCC#N)CCC#N. The van der Waals surface area contributed by atoms with Crippen molar-refractivity contribution < 1.29 is 4.52 Å². The maximum atomic E-state index is 8.70. The highest BCUT2D eigenvalue weighted by molar-refractivity contribution is 7.57. The first-order valence-corrected chi connectivity index (χ1v) is 11.0. The number of rotatable bonds is 13. The summed E-state index contributed by atoms with van der Waals surface area (Å²) in [6, 6.07) is 6.61. The van der Waals surface area contributed by atoms with E-state index < -0.39 is 8.15 Å². The van der Waals surface area contributed by atoms with Crippen LogP contribution >= 0.6 is 16.1 Å². The molecule has 0 aliphatic carbocycles. The van der Waals surface area contributed by atoms with Crippen LogP contribution in [0.5, 0.6) is 0 Å². The average Bonchev–Trinajstić information content (AvgIpc) is 2.51. The monoisotopic (exact) mass is 325 g/mol. The number of hydrogen-bond acceptors (Lipinski definition) is 4. The maximum absolute atomic E-state index is 8.70. The molecule has 0 spiro atoms. The second kappa shape index (κ2) is 15.7. The van der Waals surface area contributed by atoms with E-state index in [4.69, 9.17) is 20.3 Å². The highest BCUT2D eigenvalue weighted by atomic mass is 31.1. The molecule has 4 nitrogen and oxygen atoms in total. The lowest BCUT2D eigenvalue weighted by atomic mass is 10.5. The van der Waals surface area contributed by atoms with Crippen LogP contribution in [-0.2, 0) is 4.52 Å². The molecule has 0 radical (unpaired) electrons. The fourth-order valence-corrected chi connectivity index (χ4v) is 6.00. The van der Waals surface area contributed by atoms with Crippen molar-refractivity contribution >= 4 is 16.1 Å². The van der Waals surface area contributed by atoms with Gasteiger partial charge in [0.05, 0.1) is 24.8 Å². The van der Waals surface area contributed by atoms with E-state index in [-0.39, 0.29) is 7.92 Å². The highest BCUT2D eigenvalue weighted by Gasteiger charge is 2.12. The van der Waals surface area contributed by atoms with Crippen molar-refractivity contribution in [3.8, 4) is 18.2 Å². The Hall–Kier alpha value is -0.710. The smallest absolute Gasteiger partial charge is 0.0626 e. The first kappa shape index (κ1) is 20.3. The molecule has 0 bridgehead atoms. The Balaban J connectivity index is 4.06. The second-order valence-electron chi connectivity index (χ2n) is 4.68. The van der Waals surface area contributed by atoms with E-state index >= 15 is 0 Å². The summed E-state index contributed by atoms with van der Waals surface area (Å²) in [6.07, 6.45) is 8.87. The molecule has 21 heavy (non-hydrogen) atoms. The molecule has 0 saturated heterocycles. The molecule has 0 amide bonds. The number of nitrogens with zero attached hydrogens (tertiary/aromatic N) is 3. The summed E-state index contributed by atoms with van der Waals surface area (Å²) in [5.41, 5.74) is 0. The van der Waals surface area contributed by atoms with Gasteiger partial charge in [0, 0.05) is 33.6 Å². The van der Waals surface area contributed by atoms with Crippen LogP contribution in [0.4, 0.5) is 0 Å². The number of hydrogen-bond donors (Lipinski definition) is 0. The summed E-state index contributed by atoms with van der Waals surface area (Å²) >= 11 is 0. The molecule has 0 aromatic rings. The van der Waals surface area contributed by atoms with Gasteiger partial charge >= 0.3 is 0 Å². The summed E-state index contributed by atoms with van der Waals surface area (Å²) in [4.78, 5) is 0. The van der Waals surface area contributed by atoms with E-state index in [1.165, 1.54) is 0 Å². The molecule has 0 aromatic heterocycles. The van der Waals surface area contributed by atoms with Crippen LogP contribution in [0, 0.1) is 34.0 Å². The summed E-state index contributed by atoms with van der Waals surface area (Å²) in [5.74, 6) is 0. The van der Waals surface area contributed by atoms with Crippen LogP contribution in [0.2, 0.25) is 0 Å². The van der Waals surface area contributed by atoms with Gasteiger partial charge in [0.2, 0.25) is 0 Å². The maximum Gasteiger partial charge on any atom is 0.0626 e. The van der Waals surface area contributed by atoms with Gasteiger partial charge in [0.1, 0.15) is 0 Å². The van der Waals surface area contributed by atoms with Crippen LogP contribution in [0.1, 0.15) is 39.0 Å². The predicted molar refractivity (Wildman–Crippen MR) is 89.7 cm³/mol. The number of nitriles is 3. The minimum absolute atomic E-state index is 0.184. The molecule has 0 aliphatic rings. The van der Waals surface area contributed by atoms with Gasteiger partial charge < -0.3 is 4.52 Å². The zero-order valence-electron chi connectivity index (χ0n) is 12.9. The van der Waals surface area contributed by atoms with Crippen molar-refractivity contribution in [1.29, 1.82) is 15.8 Å². The van der Waals surface area contributed by atoms with Gasteiger partial charge in [-0.15, -0.1) is 7.92 Å². The lowest BCUT2D eigenvalue weighted by molar-refractivity contribution is 0.351. The van der Waals surface area contributed by atoms with Crippen LogP contribution in [0.3, 0.4) is 0 Å². The van der Waals surface area contributed by atoms with Crippen molar-refractivity contribution in [2.75, 3.05) is 37.4 Å². The molecule has 1 unspecified atom stereocenters. The Labute approximate surface area is 131 Å². The van der Waals surface area contributed by atoms with Crippen molar-refractivity contribution in [2.45, 2.75) is 39.0 Å². The molecule has 0 fully saturated rings. The van der Waals surface area contributed by atoms with Crippen LogP contribution < -0.4 is 0 Å². The molecule has 0 aromatic carbocycles. The van der Waals surface area contributed by atoms with Gasteiger partial charge in [-0.05, 0) is 37.5 Å². The summed E-state index contributed by atoms with van der Waals surface area (Å²) in [5, 5.41) is 26.1. The fraction of sp³-hybridized carbons (Fsp3) is 0.800. The van der Waals surface area contributed by atoms with Crippen LogP contribution in [-0.4, -0.2) is 37.4 Å². The first-order chi connectivity index (χ1) is 10.3. The molecule has 0 heterocycles. The Morgan fingerprint density at radius 1 is 0.810 bits per heavy atom. The van der Waals surface area contributed by atoms with Gasteiger partial charge in [-0.25, -0.2) is 0 Å². The average molecular weight is 325 g/mol. The van der Waals surface area contributed by atoms with Gasteiger partial charge in [-0.1, -0.05) is 6.92 Å². The third-order valence-electron chi connectivity index (χ3n) is 2.91. The summed E-state index contributed by atoms with van der Waals surface area (Å²) in [6.45, 7) is 2.88. The largest absolute Gasteiger partial charge is 0.359 e. The topological polar surface area (TPSA) is 80.6 Å². The van der Waals surface area contributed by atoms with Crippen molar-refractivity contribution in [3.63, 3.8) is 0 Å². The van der Waals surface area contributed by atoms with Crippen LogP contribution in [0.15, 0.2) is 0 Å². The molecule has 0 aliphatic heterocycles. The standard InChI is InChI=1S/C15H25N3OP2/c1-2-10-19-21(14-5-9-18)15-6-13-20(11-3-7-16)12-4-8-17/h2-6,10-15H2,1H3. The molecule has 116 valence electrons. The van der Waals surface area contributed by atoms with Crippen LogP contribution in [0.25, 0.3) is 0 Å². The third-order valence-corrected chi connectivity index (χ3v) is 7.66. The minimum Gasteiger partial charge on any atom is -0.359 e. The quantitative estimate of drug-likeness (QED) is 0.469. The summed E-state index contributed by atoms with van der Waals surface area (Å²) in [7, 11) is -0.655. The first-order valence-electron chi connectivity index (χ1n) is 7.49. The predicted octanol–water partition coefficient (Wildman–Crippen LogP) is 4.42. The van der Waals surface area contributed by atoms with E-state index in [9.17, 15) is 0 Å². The zero-order valence-corrected chi connectivity index (χ0v) is 14.7. The molecular formula is C15H25N3OP2. The normalized spacial score (nSPS) is 11.6. The fourth-order valence-electron chi connectivity index (χ4n) is 1.86. The zero-order chi connectivity index (χ0) is 15.8. The Kier molecular flexibility index (Phi) is 15.1. The lowest BCUT2D eigenvalue weighted by Crippen LogP contribution is -2.01. The molecule has 0 saturated carbocycles. The molecule has 1 atom stereocenters. The van der Waals surface area contributed by atoms with E-state index in [2.05, 4.69) is 25.1 Å². The molecule has 6 heteroatoms. The van der Waals surface area contributed by atoms with Gasteiger partial charge in [0.25, 0.3) is 0 Å². The Morgan fingerprint density at radius 3 is 1.90 bits per heavy atom. The van der Waals surface area contributed by atoms with E-state index in [1.54, 1.807) is 0 Å². The van der Waals surface area contributed by atoms with E-state index in [1.807, 2.05) is 0 Å². The van der Waals surface area contributed by atoms with Crippen molar-refractivity contribution in [2.24, 2.45) is 0 Å². The molecule has 0 rings (SSSR count). The Morgan fingerprint density at radius 2 is 1.38 bits per heavy atom. The van der Waals surface area contributed by atoms with Gasteiger partial charge in [-0.3, -0.25) is 0 Å². The van der Waals surface area contributed by atoms with E-state index in [0.29, 0.717) is 19.3 Å². The van der Waals surface area contributed by atoms with Crippen molar-refractivity contribution in [1.82, 2.24) is 0 Å². The van der Waals surface area contributed by atoms with Gasteiger partial charge in [-0.2, -0.15) is 15.8 Å². The molecule has 0 N–H and O–H groups in total. The van der Waals surface area contributed by atoms with Crippen molar-refractivity contribution in [3.05, 3.63) is 0 Å².